The van der Waals surface area contributed by atoms with E-state index in [0.717, 1.165) is 6.07 Å². The van der Waals surface area contributed by atoms with Crippen molar-refractivity contribution in [3.63, 3.8) is 0 Å². The zero-order valence-corrected chi connectivity index (χ0v) is 24.6. The Labute approximate surface area is 250 Å². The van der Waals surface area contributed by atoms with Crippen molar-refractivity contribution in [2.24, 2.45) is 10.2 Å². The Hall–Kier alpha value is -2.70. The molecule has 38 heavy (non-hydrogen) atoms. The van der Waals surface area contributed by atoms with Crippen molar-refractivity contribution in [3.05, 3.63) is 81.8 Å². The summed E-state index contributed by atoms with van der Waals surface area (Å²) in [5.41, 5.74) is -0.241. The minimum absolute atomic E-state index is 0. The SMILES string of the molecule is COc1ccc(Cl)c(NC(=O)c2cc3ccccc3c(N=Nc3c(S(=O)(=O)O)ccc(Cl)c3C)c2[O-])c1.[Na+]. The molecule has 2 N–H and O–H groups in total. The van der Waals surface area contributed by atoms with Gasteiger partial charge in [0.25, 0.3) is 16.0 Å². The van der Waals surface area contributed by atoms with E-state index in [2.05, 4.69) is 15.5 Å². The van der Waals surface area contributed by atoms with Gasteiger partial charge in [-0.15, -0.1) is 5.11 Å². The van der Waals surface area contributed by atoms with Crippen LogP contribution in [0, 0.1) is 6.92 Å². The molecule has 0 heterocycles. The van der Waals surface area contributed by atoms with E-state index in [9.17, 15) is 22.9 Å². The fourth-order valence-corrected chi connectivity index (χ4v) is 4.57. The van der Waals surface area contributed by atoms with Gasteiger partial charge in [-0.05, 0) is 48.2 Å². The summed E-state index contributed by atoms with van der Waals surface area (Å²) in [4.78, 5) is 12.6. The van der Waals surface area contributed by atoms with E-state index in [1.165, 1.54) is 38.3 Å². The number of nitrogens with one attached hydrogen (secondary N) is 1. The number of carbonyl (C=O) groups excluding carboxylic acids is 1. The fourth-order valence-electron chi connectivity index (χ4n) is 3.58. The summed E-state index contributed by atoms with van der Waals surface area (Å²) in [6.45, 7) is 1.49. The van der Waals surface area contributed by atoms with Gasteiger partial charge in [-0.25, -0.2) is 0 Å². The molecule has 4 aromatic rings. The van der Waals surface area contributed by atoms with Crippen LogP contribution in [0.1, 0.15) is 15.9 Å². The molecular weight excluding hydrogens is 564 g/mol. The van der Waals surface area contributed by atoms with Crippen LogP contribution < -0.4 is 44.7 Å². The number of ether oxygens (including phenoxy) is 1. The van der Waals surface area contributed by atoms with E-state index in [1.807, 2.05) is 0 Å². The molecule has 0 saturated carbocycles. The minimum atomic E-state index is -4.67. The number of methoxy groups -OCH3 is 1. The van der Waals surface area contributed by atoms with Crippen LogP contribution in [0.2, 0.25) is 10.0 Å². The van der Waals surface area contributed by atoms with Gasteiger partial charge in [0.15, 0.2) is 0 Å². The maximum absolute atomic E-state index is 13.4. The number of fused-ring (bicyclic) bond motifs is 1. The third-order valence-electron chi connectivity index (χ3n) is 5.50. The van der Waals surface area contributed by atoms with Crippen molar-refractivity contribution >= 4 is 67.1 Å². The van der Waals surface area contributed by atoms with Gasteiger partial charge in [0.2, 0.25) is 0 Å². The molecule has 1 amide bonds. The number of anilines is 1. The van der Waals surface area contributed by atoms with Gasteiger partial charge in [0, 0.05) is 22.0 Å². The average molecular weight is 582 g/mol. The van der Waals surface area contributed by atoms with E-state index in [-0.39, 0.29) is 67.8 Å². The molecule has 0 unspecified atom stereocenters. The van der Waals surface area contributed by atoms with E-state index < -0.39 is 26.7 Å². The molecule has 0 atom stereocenters. The van der Waals surface area contributed by atoms with Crippen molar-refractivity contribution in [1.29, 1.82) is 0 Å². The predicted molar refractivity (Wildman–Crippen MR) is 140 cm³/mol. The van der Waals surface area contributed by atoms with Gasteiger partial charge in [-0.1, -0.05) is 53.2 Å². The van der Waals surface area contributed by atoms with Gasteiger partial charge in [0.1, 0.15) is 16.3 Å². The number of amides is 1. The first-order chi connectivity index (χ1) is 17.5. The molecule has 4 aromatic carbocycles. The van der Waals surface area contributed by atoms with E-state index in [1.54, 1.807) is 30.3 Å². The fraction of sp³-hybridized carbons (Fsp3) is 0.0800. The molecule has 0 radical (unpaired) electrons. The molecule has 0 bridgehead atoms. The number of benzene rings is 4. The standard InChI is InChI=1S/C25H19Cl2N3O6S.Na/c1-13-18(26)9-10-21(37(33,34)35)22(13)29-30-23-16-6-4-3-5-14(16)11-17(24(23)31)25(32)28-20-12-15(36-2)7-8-19(20)27;/h3-12,31H,1-2H3,(H,28,32)(H,33,34,35);/q;+1/p-1. The Morgan fingerprint density at radius 2 is 1.66 bits per heavy atom. The van der Waals surface area contributed by atoms with Crippen LogP contribution in [-0.4, -0.2) is 26.0 Å². The predicted octanol–water partition coefficient (Wildman–Crippen LogP) is 3.46. The summed E-state index contributed by atoms with van der Waals surface area (Å²) in [5, 5.41) is 25.3. The van der Waals surface area contributed by atoms with Crippen molar-refractivity contribution in [2.45, 2.75) is 11.8 Å². The van der Waals surface area contributed by atoms with Gasteiger partial charge in [-0.3, -0.25) is 9.35 Å². The third kappa shape index (κ3) is 6.13. The van der Waals surface area contributed by atoms with Crippen LogP contribution >= 0.6 is 23.2 Å². The molecule has 0 aromatic heterocycles. The Morgan fingerprint density at radius 1 is 1.00 bits per heavy atom. The van der Waals surface area contributed by atoms with Crippen LogP contribution in [0.25, 0.3) is 10.8 Å². The Morgan fingerprint density at radius 3 is 2.34 bits per heavy atom. The molecule has 9 nitrogen and oxygen atoms in total. The van der Waals surface area contributed by atoms with Crippen molar-refractivity contribution in [3.8, 4) is 11.5 Å². The van der Waals surface area contributed by atoms with E-state index in [0.29, 0.717) is 16.5 Å². The molecule has 4 rings (SSSR count). The number of hydrogen-bond donors (Lipinski definition) is 2. The minimum Gasteiger partial charge on any atom is -0.870 e. The molecule has 0 saturated heterocycles. The Kier molecular flexibility index (Phi) is 9.43. The second-order valence-corrected chi connectivity index (χ2v) is 10.0. The molecule has 0 aliphatic rings. The first kappa shape index (κ1) is 29.9. The summed E-state index contributed by atoms with van der Waals surface area (Å²) in [5.74, 6) is -1.06. The second kappa shape index (κ2) is 12.0. The summed E-state index contributed by atoms with van der Waals surface area (Å²) in [7, 11) is -3.21. The number of carbonyl (C=O) groups is 1. The van der Waals surface area contributed by atoms with Crippen LogP contribution in [0.15, 0.2) is 75.8 Å². The summed E-state index contributed by atoms with van der Waals surface area (Å²) in [6.07, 6.45) is 0. The van der Waals surface area contributed by atoms with Crippen LogP contribution in [0.3, 0.4) is 0 Å². The van der Waals surface area contributed by atoms with Crippen molar-refractivity contribution in [2.75, 3.05) is 12.4 Å². The Bertz CT molecular complexity index is 1700. The molecule has 0 aliphatic heterocycles. The number of nitrogens with zero attached hydrogens (tertiary/aromatic N) is 2. The summed E-state index contributed by atoms with van der Waals surface area (Å²) in [6, 6.07) is 15.1. The number of azo groups is 1. The van der Waals surface area contributed by atoms with Crippen molar-refractivity contribution < 1.29 is 57.2 Å². The number of hydrogen-bond acceptors (Lipinski definition) is 7. The number of rotatable bonds is 6. The normalized spacial score (nSPS) is 11.4. The van der Waals surface area contributed by atoms with E-state index >= 15 is 0 Å². The van der Waals surface area contributed by atoms with Gasteiger partial charge < -0.3 is 15.2 Å². The number of halogens is 2. The molecule has 0 spiro atoms. The second-order valence-electron chi connectivity index (χ2n) is 7.82. The van der Waals surface area contributed by atoms with E-state index in [4.69, 9.17) is 27.9 Å². The topological polar surface area (TPSA) is 140 Å². The van der Waals surface area contributed by atoms with Crippen LogP contribution in [0.4, 0.5) is 17.1 Å². The summed E-state index contributed by atoms with van der Waals surface area (Å²) >= 11 is 12.3. The Balaban J connectivity index is 0.00000400. The average Bonchev–Trinajstić information content (AvgIpc) is 2.86. The first-order valence-corrected chi connectivity index (χ1v) is 12.8. The van der Waals surface area contributed by atoms with Crippen LogP contribution in [-0.2, 0) is 10.1 Å². The third-order valence-corrected chi connectivity index (χ3v) is 7.12. The first-order valence-electron chi connectivity index (χ1n) is 10.6. The largest absolute Gasteiger partial charge is 1.00 e. The van der Waals surface area contributed by atoms with Gasteiger partial charge >= 0.3 is 29.6 Å². The zero-order valence-electron chi connectivity index (χ0n) is 20.3. The van der Waals surface area contributed by atoms with Gasteiger partial charge in [-0.2, -0.15) is 13.5 Å². The molecular formula is C25H18Cl2N3NaO6S. The molecule has 13 heteroatoms. The smallest absolute Gasteiger partial charge is 0.870 e. The quantitative estimate of drug-likeness (QED) is 0.203. The summed E-state index contributed by atoms with van der Waals surface area (Å²) < 4.78 is 38.5. The monoisotopic (exact) mass is 581 g/mol. The zero-order chi connectivity index (χ0) is 26.9. The maximum atomic E-state index is 13.4. The maximum Gasteiger partial charge on any atom is 1.00 e. The van der Waals surface area contributed by atoms with Crippen molar-refractivity contribution in [1.82, 2.24) is 0 Å². The van der Waals surface area contributed by atoms with Crippen LogP contribution in [0.5, 0.6) is 11.5 Å². The molecule has 0 fully saturated rings. The molecule has 0 aliphatic carbocycles. The van der Waals surface area contributed by atoms with Gasteiger partial charge in [0.05, 0.1) is 23.5 Å². The molecule has 190 valence electrons.